The summed E-state index contributed by atoms with van der Waals surface area (Å²) >= 11 is 0. The first-order chi connectivity index (χ1) is 8.37. The summed E-state index contributed by atoms with van der Waals surface area (Å²) in [6.45, 7) is 0.930. The molecule has 0 saturated carbocycles. The minimum Gasteiger partial charge on any atom is -0.480 e. The van der Waals surface area contributed by atoms with Crippen molar-refractivity contribution in [3.63, 3.8) is 0 Å². The molecule has 0 spiro atoms. The number of ether oxygens (including phenoxy) is 1. The zero-order chi connectivity index (χ0) is 13.3. The maximum atomic E-state index is 11.6. The number of aryl methyl sites for hydroxylation is 1. The fraction of sp³-hybridized carbons (Fsp3) is 0.333. The van der Waals surface area contributed by atoms with Crippen LogP contribution in [0, 0.1) is 6.92 Å². The number of nitrogens with zero attached hydrogens (tertiary/aromatic N) is 2. The minimum absolute atomic E-state index is 0.194. The van der Waals surface area contributed by atoms with Crippen LogP contribution in [0.1, 0.15) is 5.69 Å². The third-order valence-corrected chi connectivity index (χ3v) is 2.69. The van der Waals surface area contributed by atoms with Gasteiger partial charge in [0.15, 0.2) is 18.2 Å². The van der Waals surface area contributed by atoms with Crippen LogP contribution in [0.15, 0.2) is 12.1 Å². The number of hydrogen-bond donors (Lipinski definition) is 2. The average molecular weight is 274 g/mol. The van der Waals surface area contributed by atoms with Gasteiger partial charge < -0.3 is 14.5 Å². The number of pyridine rings is 1. The highest BCUT2D eigenvalue weighted by Gasteiger charge is 2.29. The van der Waals surface area contributed by atoms with Crippen molar-refractivity contribution in [3.8, 4) is 5.75 Å². The summed E-state index contributed by atoms with van der Waals surface area (Å²) in [5.74, 6) is 0.0864. The van der Waals surface area contributed by atoms with E-state index in [2.05, 4.69) is 9.51 Å². The van der Waals surface area contributed by atoms with E-state index < -0.39 is 20.5 Å². The smallest absolute Gasteiger partial charge is 0.471 e. The van der Waals surface area contributed by atoms with E-state index in [1.807, 2.05) is 0 Å². The van der Waals surface area contributed by atoms with Gasteiger partial charge in [0.2, 0.25) is 0 Å². The fourth-order valence-corrected chi connectivity index (χ4v) is 1.70. The standard InChI is InChI=1S/C9H11N2O6P/c1-6-2-3-7-9(10-6)11(8(12)4-16-7)5-17-18(13,14)15/h2-3H,4-5H2,1H3,(H2,13,14,15). The molecule has 0 fully saturated rings. The van der Waals surface area contributed by atoms with Crippen molar-refractivity contribution in [1.82, 2.24) is 4.98 Å². The molecule has 2 heterocycles. The molecule has 0 bridgehead atoms. The van der Waals surface area contributed by atoms with Gasteiger partial charge in [-0.2, -0.15) is 0 Å². The lowest BCUT2D eigenvalue weighted by atomic mass is 10.3. The molecule has 0 radical (unpaired) electrons. The second kappa shape index (κ2) is 4.66. The van der Waals surface area contributed by atoms with Gasteiger partial charge in [-0.25, -0.2) is 9.55 Å². The lowest BCUT2D eigenvalue weighted by Crippen LogP contribution is -2.40. The molecule has 0 unspecified atom stereocenters. The quantitative estimate of drug-likeness (QED) is 0.756. The van der Waals surface area contributed by atoms with Crippen LogP contribution < -0.4 is 9.64 Å². The first kappa shape index (κ1) is 13.0. The predicted molar refractivity (Wildman–Crippen MR) is 60.0 cm³/mol. The highest BCUT2D eigenvalue weighted by Crippen LogP contribution is 2.37. The summed E-state index contributed by atoms with van der Waals surface area (Å²) in [5, 5.41) is 0. The molecule has 98 valence electrons. The Bertz CT molecular complexity index is 528. The summed E-state index contributed by atoms with van der Waals surface area (Å²) in [7, 11) is -4.65. The van der Waals surface area contributed by atoms with Crippen molar-refractivity contribution in [2.45, 2.75) is 6.92 Å². The Morgan fingerprint density at radius 2 is 2.28 bits per heavy atom. The van der Waals surface area contributed by atoms with Crippen LogP contribution in [0.5, 0.6) is 5.75 Å². The summed E-state index contributed by atoms with van der Waals surface area (Å²) in [6, 6.07) is 3.34. The van der Waals surface area contributed by atoms with E-state index in [-0.39, 0.29) is 12.4 Å². The number of anilines is 1. The lowest BCUT2D eigenvalue weighted by Gasteiger charge is -2.27. The van der Waals surface area contributed by atoms with Crippen molar-refractivity contribution in [2.24, 2.45) is 0 Å². The van der Waals surface area contributed by atoms with E-state index in [1.165, 1.54) is 0 Å². The van der Waals surface area contributed by atoms with Crippen LogP contribution in [0.4, 0.5) is 5.82 Å². The Morgan fingerprint density at radius 1 is 1.56 bits per heavy atom. The second-order valence-corrected chi connectivity index (χ2v) is 4.87. The fourth-order valence-electron chi connectivity index (χ4n) is 1.44. The van der Waals surface area contributed by atoms with Crippen LogP contribution in [-0.4, -0.2) is 34.0 Å². The van der Waals surface area contributed by atoms with E-state index in [4.69, 9.17) is 14.5 Å². The number of amides is 1. The SMILES string of the molecule is Cc1ccc2c(n1)N(COP(=O)(O)O)C(=O)CO2. The first-order valence-corrected chi connectivity index (χ1v) is 6.51. The molecule has 1 aromatic rings. The zero-order valence-corrected chi connectivity index (χ0v) is 10.3. The van der Waals surface area contributed by atoms with Crippen molar-refractivity contribution in [3.05, 3.63) is 17.8 Å². The molecule has 1 amide bonds. The van der Waals surface area contributed by atoms with Gasteiger partial charge in [-0.15, -0.1) is 0 Å². The number of carbonyl (C=O) groups is 1. The van der Waals surface area contributed by atoms with Crippen molar-refractivity contribution >= 4 is 19.5 Å². The molecule has 1 aromatic heterocycles. The Hall–Kier alpha value is -1.47. The van der Waals surface area contributed by atoms with Gasteiger partial charge in [-0.05, 0) is 19.1 Å². The normalized spacial score (nSPS) is 15.3. The van der Waals surface area contributed by atoms with E-state index in [9.17, 15) is 9.36 Å². The van der Waals surface area contributed by atoms with Crippen LogP contribution in [0.2, 0.25) is 0 Å². The Kier molecular flexibility index (Phi) is 3.36. The topological polar surface area (TPSA) is 109 Å². The van der Waals surface area contributed by atoms with Gasteiger partial charge in [0.25, 0.3) is 5.91 Å². The highest BCUT2D eigenvalue weighted by atomic mass is 31.2. The van der Waals surface area contributed by atoms with Crippen LogP contribution in [0.3, 0.4) is 0 Å². The molecule has 0 aromatic carbocycles. The molecule has 0 atom stereocenters. The third kappa shape index (κ3) is 2.85. The van der Waals surface area contributed by atoms with Crippen LogP contribution in [-0.2, 0) is 13.9 Å². The molecule has 2 rings (SSSR count). The lowest BCUT2D eigenvalue weighted by molar-refractivity contribution is -0.122. The van der Waals surface area contributed by atoms with Crippen molar-refractivity contribution < 1.29 is 28.4 Å². The van der Waals surface area contributed by atoms with Crippen LogP contribution >= 0.6 is 7.82 Å². The number of carbonyl (C=O) groups excluding carboxylic acids is 1. The largest absolute Gasteiger partial charge is 0.480 e. The van der Waals surface area contributed by atoms with Gasteiger partial charge in [0.05, 0.1) is 0 Å². The van der Waals surface area contributed by atoms with Gasteiger partial charge in [-0.3, -0.25) is 14.2 Å². The molecule has 0 saturated heterocycles. The Labute approximate surface area is 102 Å². The number of phosphoric acid groups is 1. The van der Waals surface area contributed by atoms with E-state index in [1.54, 1.807) is 19.1 Å². The van der Waals surface area contributed by atoms with E-state index in [0.717, 1.165) is 4.90 Å². The molecular formula is C9H11N2O6P. The van der Waals surface area contributed by atoms with Gasteiger partial charge in [0.1, 0.15) is 6.73 Å². The monoisotopic (exact) mass is 274 g/mol. The maximum Gasteiger partial charge on any atom is 0.471 e. The number of fused-ring (bicyclic) bond motifs is 1. The summed E-state index contributed by atoms with van der Waals surface area (Å²) in [5.41, 5.74) is 0.647. The van der Waals surface area contributed by atoms with Gasteiger partial charge >= 0.3 is 7.82 Å². The molecule has 8 nitrogen and oxygen atoms in total. The molecular weight excluding hydrogens is 263 g/mol. The Balaban J connectivity index is 2.27. The summed E-state index contributed by atoms with van der Waals surface area (Å²) in [6.07, 6.45) is 0. The molecule has 0 aliphatic carbocycles. The van der Waals surface area contributed by atoms with Crippen molar-refractivity contribution in [1.29, 1.82) is 0 Å². The molecule has 1 aliphatic rings. The van der Waals surface area contributed by atoms with Gasteiger partial charge in [-0.1, -0.05) is 0 Å². The molecule has 18 heavy (non-hydrogen) atoms. The summed E-state index contributed by atoms with van der Waals surface area (Å²) in [4.78, 5) is 34.0. The predicted octanol–water partition coefficient (Wildman–Crippen LogP) is 0.182. The van der Waals surface area contributed by atoms with Crippen LogP contribution in [0.25, 0.3) is 0 Å². The number of rotatable bonds is 3. The maximum absolute atomic E-state index is 11.6. The highest BCUT2D eigenvalue weighted by molar-refractivity contribution is 7.46. The average Bonchev–Trinajstić information content (AvgIpc) is 2.26. The van der Waals surface area contributed by atoms with E-state index >= 15 is 0 Å². The molecule has 9 heteroatoms. The van der Waals surface area contributed by atoms with Gasteiger partial charge in [0, 0.05) is 5.69 Å². The molecule has 1 aliphatic heterocycles. The zero-order valence-electron chi connectivity index (χ0n) is 9.44. The third-order valence-electron chi connectivity index (χ3n) is 2.24. The summed E-state index contributed by atoms with van der Waals surface area (Å²) < 4.78 is 20.1. The minimum atomic E-state index is -4.65. The second-order valence-electron chi connectivity index (χ2n) is 3.63. The molecule has 2 N–H and O–H groups in total. The van der Waals surface area contributed by atoms with E-state index in [0.29, 0.717) is 11.4 Å². The Morgan fingerprint density at radius 3 is 2.94 bits per heavy atom. The van der Waals surface area contributed by atoms with Crippen molar-refractivity contribution in [2.75, 3.05) is 18.2 Å². The first-order valence-electron chi connectivity index (χ1n) is 4.98. The number of hydrogen-bond acceptors (Lipinski definition) is 5. The number of aromatic nitrogens is 1. The number of phosphoric ester groups is 1.